The number of fused-ring (bicyclic) bond motifs is 1. The maximum atomic E-state index is 13.1. The molecule has 0 saturated carbocycles. The summed E-state index contributed by atoms with van der Waals surface area (Å²) in [6.07, 6.45) is -4.63. The number of hydrogen-bond donors (Lipinski definition) is 1. The molecule has 0 radical (unpaired) electrons. The third-order valence-corrected chi connectivity index (χ3v) is 7.84. The summed E-state index contributed by atoms with van der Waals surface area (Å²) in [4.78, 5) is 12.9. The fourth-order valence-corrected chi connectivity index (χ4v) is 5.58. The summed E-state index contributed by atoms with van der Waals surface area (Å²) < 4.78 is 72.2. The topological polar surface area (TPSA) is 93.5 Å². The van der Waals surface area contributed by atoms with Gasteiger partial charge in [-0.05, 0) is 30.3 Å². The number of amides is 1. The molecule has 0 spiro atoms. The van der Waals surface area contributed by atoms with E-state index in [-0.39, 0.29) is 33.1 Å². The minimum Gasteiger partial charge on any atom is -0.379 e. The number of alkyl halides is 3. The number of benzene rings is 1. The Balaban J connectivity index is 1.53. The van der Waals surface area contributed by atoms with E-state index in [1.165, 1.54) is 35.6 Å². The van der Waals surface area contributed by atoms with Crippen molar-refractivity contribution >= 4 is 43.2 Å². The Morgan fingerprint density at radius 3 is 2.45 bits per heavy atom. The second-order valence-corrected chi connectivity index (χ2v) is 9.76. The number of thiophene rings is 1. The van der Waals surface area contributed by atoms with Gasteiger partial charge in [-0.2, -0.15) is 22.6 Å². The summed E-state index contributed by atoms with van der Waals surface area (Å²) in [5.74, 6) is -0.599. The van der Waals surface area contributed by atoms with Crippen molar-refractivity contribution < 1.29 is 31.1 Å². The largest absolute Gasteiger partial charge is 0.435 e. The van der Waals surface area contributed by atoms with Crippen LogP contribution in [0.4, 0.5) is 18.9 Å². The zero-order valence-corrected chi connectivity index (χ0v) is 17.8. The van der Waals surface area contributed by atoms with Crippen LogP contribution >= 0.6 is 11.3 Å². The Morgan fingerprint density at radius 2 is 1.84 bits per heavy atom. The molecule has 1 aliphatic heterocycles. The molecule has 13 heteroatoms. The first-order valence-electron chi connectivity index (χ1n) is 9.10. The number of rotatable bonds is 4. The molecule has 8 nitrogen and oxygen atoms in total. The number of aromatic nitrogens is 2. The fraction of sp³-hybridized carbons (Fsp3) is 0.333. The van der Waals surface area contributed by atoms with Gasteiger partial charge in [-0.3, -0.25) is 9.48 Å². The van der Waals surface area contributed by atoms with E-state index >= 15 is 0 Å². The number of nitrogens with zero attached hydrogens (tertiary/aromatic N) is 3. The number of morpholine rings is 1. The van der Waals surface area contributed by atoms with Crippen LogP contribution in [-0.2, 0) is 28.0 Å². The lowest BCUT2D eigenvalue weighted by atomic mass is 10.2. The maximum Gasteiger partial charge on any atom is 0.435 e. The van der Waals surface area contributed by atoms with Gasteiger partial charge in [0.05, 0.1) is 23.0 Å². The summed E-state index contributed by atoms with van der Waals surface area (Å²) in [6, 6.07) is 6.76. The molecule has 31 heavy (non-hydrogen) atoms. The van der Waals surface area contributed by atoms with E-state index in [1.54, 1.807) is 0 Å². The number of aryl methyl sites for hydroxylation is 1. The number of carbonyl (C=O) groups is 1. The highest BCUT2D eigenvalue weighted by atomic mass is 32.2. The molecule has 0 aliphatic carbocycles. The zero-order valence-electron chi connectivity index (χ0n) is 16.1. The standard InChI is InChI=1S/C18H17F3N4O4S2/c1-24-17-13(15(23-24)18(19,20)21)10-14(30-17)16(26)22-11-2-4-12(5-3-11)31(27,28)25-6-8-29-9-7-25/h2-5,10H,6-9H2,1H3,(H,22,26). The first-order valence-corrected chi connectivity index (χ1v) is 11.4. The fourth-order valence-electron chi connectivity index (χ4n) is 3.20. The number of halogens is 3. The first kappa shape index (κ1) is 21.7. The predicted molar refractivity (Wildman–Crippen MR) is 108 cm³/mol. The van der Waals surface area contributed by atoms with Crippen molar-refractivity contribution in [1.29, 1.82) is 0 Å². The molecular formula is C18H17F3N4O4S2. The van der Waals surface area contributed by atoms with Gasteiger partial charge in [0.1, 0.15) is 4.83 Å². The van der Waals surface area contributed by atoms with Crippen LogP contribution in [0.1, 0.15) is 15.4 Å². The quantitative estimate of drug-likeness (QED) is 0.628. The Labute approximate surface area is 179 Å². The SMILES string of the molecule is Cn1nc(C(F)(F)F)c2cc(C(=O)Nc3ccc(S(=O)(=O)N4CCOCC4)cc3)sc21. The molecule has 1 N–H and O–H groups in total. The van der Waals surface area contributed by atoms with Gasteiger partial charge < -0.3 is 10.1 Å². The van der Waals surface area contributed by atoms with E-state index in [4.69, 9.17) is 4.74 Å². The molecule has 3 heterocycles. The Morgan fingerprint density at radius 1 is 1.19 bits per heavy atom. The highest BCUT2D eigenvalue weighted by Crippen LogP contribution is 2.37. The average Bonchev–Trinajstić information content (AvgIpc) is 3.29. The van der Waals surface area contributed by atoms with Gasteiger partial charge in [0.25, 0.3) is 5.91 Å². The summed E-state index contributed by atoms with van der Waals surface area (Å²) in [7, 11) is -2.29. The highest BCUT2D eigenvalue weighted by Gasteiger charge is 2.37. The Bertz CT molecular complexity index is 1230. The molecule has 1 amide bonds. The molecule has 4 rings (SSSR count). The number of ether oxygens (including phenoxy) is 1. The van der Waals surface area contributed by atoms with Crippen molar-refractivity contribution in [3.63, 3.8) is 0 Å². The van der Waals surface area contributed by atoms with Crippen molar-refractivity contribution in [3.05, 3.63) is 40.9 Å². The van der Waals surface area contributed by atoms with Gasteiger partial charge in [-0.15, -0.1) is 11.3 Å². The van der Waals surface area contributed by atoms with Gasteiger partial charge in [0.15, 0.2) is 5.69 Å². The van der Waals surface area contributed by atoms with E-state index in [2.05, 4.69) is 10.4 Å². The highest BCUT2D eigenvalue weighted by molar-refractivity contribution is 7.89. The van der Waals surface area contributed by atoms with Crippen molar-refractivity contribution in [2.75, 3.05) is 31.6 Å². The number of sulfonamides is 1. The van der Waals surface area contributed by atoms with Crippen LogP contribution < -0.4 is 5.32 Å². The molecule has 0 bridgehead atoms. The molecule has 2 aromatic heterocycles. The third kappa shape index (κ3) is 4.18. The van der Waals surface area contributed by atoms with Gasteiger partial charge >= 0.3 is 6.18 Å². The normalized spacial score (nSPS) is 16.0. The molecule has 0 unspecified atom stereocenters. The number of carbonyl (C=O) groups excluding carboxylic acids is 1. The van der Waals surface area contributed by atoms with Crippen molar-refractivity contribution in [2.45, 2.75) is 11.1 Å². The van der Waals surface area contributed by atoms with Crippen LogP contribution in [0.5, 0.6) is 0 Å². The van der Waals surface area contributed by atoms with Crippen molar-refractivity contribution in [3.8, 4) is 0 Å². The number of anilines is 1. The molecule has 1 saturated heterocycles. The molecule has 3 aromatic rings. The van der Waals surface area contributed by atoms with E-state index in [9.17, 15) is 26.4 Å². The summed E-state index contributed by atoms with van der Waals surface area (Å²) >= 11 is 0.888. The Kier molecular flexibility index (Phi) is 5.54. The van der Waals surface area contributed by atoms with Crippen molar-refractivity contribution in [1.82, 2.24) is 14.1 Å². The number of hydrogen-bond acceptors (Lipinski definition) is 6. The molecule has 1 fully saturated rings. The summed E-state index contributed by atoms with van der Waals surface area (Å²) in [6.45, 7) is 1.19. The summed E-state index contributed by atoms with van der Waals surface area (Å²) in [5.41, 5.74) is -0.726. The monoisotopic (exact) mass is 474 g/mol. The molecule has 1 aliphatic rings. The molecule has 166 valence electrons. The summed E-state index contributed by atoms with van der Waals surface area (Å²) in [5, 5.41) is 5.91. The van der Waals surface area contributed by atoms with Crippen LogP contribution in [0.15, 0.2) is 35.2 Å². The first-order chi connectivity index (χ1) is 14.6. The second-order valence-electron chi connectivity index (χ2n) is 6.79. The lowest BCUT2D eigenvalue weighted by Gasteiger charge is -2.26. The number of nitrogens with one attached hydrogen (secondary N) is 1. The van der Waals surface area contributed by atoms with E-state index in [0.29, 0.717) is 18.9 Å². The van der Waals surface area contributed by atoms with Crippen LogP contribution in [0.3, 0.4) is 0 Å². The molecular weight excluding hydrogens is 457 g/mol. The lowest BCUT2D eigenvalue weighted by molar-refractivity contribution is -0.140. The lowest BCUT2D eigenvalue weighted by Crippen LogP contribution is -2.40. The Hall–Kier alpha value is -2.48. The van der Waals surface area contributed by atoms with E-state index in [0.717, 1.165) is 22.1 Å². The zero-order chi connectivity index (χ0) is 22.4. The second kappa shape index (κ2) is 7.89. The third-order valence-electron chi connectivity index (χ3n) is 4.72. The van der Waals surface area contributed by atoms with Crippen LogP contribution in [0.2, 0.25) is 0 Å². The van der Waals surface area contributed by atoms with E-state index in [1.807, 2.05) is 0 Å². The molecule has 0 atom stereocenters. The van der Waals surface area contributed by atoms with Crippen LogP contribution in [0.25, 0.3) is 10.2 Å². The minimum atomic E-state index is -4.63. The average molecular weight is 474 g/mol. The maximum absolute atomic E-state index is 13.1. The van der Waals surface area contributed by atoms with Crippen molar-refractivity contribution in [2.24, 2.45) is 7.05 Å². The van der Waals surface area contributed by atoms with Crippen LogP contribution in [-0.4, -0.2) is 54.7 Å². The smallest absolute Gasteiger partial charge is 0.379 e. The van der Waals surface area contributed by atoms with Gasteiger partial charge in [0.2, 0.25) is 10.0 Å². The van der Waals surface area contributed by atoms with Gasteiger partial charge in [0, 0.05) is 31.2 Å². The molecule has 1 aromatic carbocycles. The van der Waals surface area contributed by atoms with E-state index < -0.39 is 27.8 Å². The predicted octanol–water partition coefficient (Wildman–Crippen LogP) is 2.93. The van der Waals surface area contributed by atoms with Crippen LogP contribution in [0, 0.1) is 0 Å². The van der Waals surface area contributed by atoms with Gasteiger partial charge in [-0.25, -0.2) is 8.42 Å². The van der Waals surface area contributed by atoms with Gasteiger partial charge in [-0.1, -0.05) is 0 Å². The minimum absolute atomic E-state index is 0.0788.